The number of nitrogens with zero attached hydrogens (tertiary/aromatic N) is 4. The smallest absolute Gasteiger partial charge is 0.361 e. The molecule has 2 heterocycles. The summed E-state index contributed by atoms with van der Waals surface area (Å²) in [6.45, 7) is 5.97. The summed E-state index contributed by atoms with van der Waals surface area (Å²) in [6.07, 6.45) is 3.84. The molecule has 1 atom stereocenters. The normalized spacial score (nSPS) is 15.3. The summed E-state index contributed by atoms with van der Waals surface area (Å²) >= 11 is 1.46. The predicted molar refractivity (Wildman–Crippen MR) is 155 cm³/mol. The lowest BCUT2D eigenvalue weighted by Gasteiger charge is -2.35. The molecule has 4 aromatic rings. The van der Waals surface area contributed by atoms with Crippen LogP contribution in [0.15, 0.2) is 82.7 Å². The van der Waals surface area contributed by atoms with E-state index in [1.54, 1.807) is 18.7 Å². The molecule has 3 aromatic carbocycles. The molecular formula is C31H34N4O3S. The Kier molecular flexibility index (Phi) is 8.51. The first-order chi connectivity index (χ1) is 19.1. The van der Waals surface area contributed by atoms with E-state index in [2.05, 4.69) is 70.7 Å². The number of methoxy groups -OCH3 is 1. The van der Waals surface area contributed by atoms with Gasteiger partial charge >= 0.3 is 5.97 Å². The SMILES string of the molecule is CCOC(=O)c1nnn(Cc2ccc(OC)cc2)c1Sc1ccc(-c2ccc(N3CCCCC3C)cc2)cc1. The minimum absolute atomic E-state index is 0.224. The van der Waals surface area contributed by atoms with Gasteiger partial charge in [0.1, 0.15) is 10.8 Å². The lowest BCUT2D eigenvalue weighted by atomic mass is 10.0. The average Bonchev–Trinajstić information content (AvgIpc) is 3.36. The molecule has 0 amide bonds. The number of esters is 1. The second-order valence-corrected chi connectivity index (χ2v) is 10.7. The van der Waals surface area contributed by atoms with Crippen molar-refractivity contribution >= 4 is 23.4 Å². The van der Waals surface area contributed by atoms with E-state index in [-0.39, 0.29) is 12.3 Å². The summed E-state index contributed by atoms with van der Waals surface area (Å²) in [4.78, 5) is 16.1. The molecule has 7 nitrogen and oxygen atoms in total. The third-order valence-corrected chi connectivity index (χ3v) is 8.16. The van der Waals surface area contributed by atoms with E-state index in [9.17, 15) is 4.79 Å². The molecule has 1 aliphatic heterocycles. The van der Waals surface area contributed by atoms with Crippen LogP contribution in [0.2, 0.25) is 0 Å². The van der Waals surface area contributed by atoms with Crippen molar-refractivity contribution in [1.82, 2.24) is 15.0 Å². The quantitative estimate of drug-likeness (QED) is 0.218. The van der Waals surface area contributed by atoms with E-state index < -0.39 is 5.97 Å². The Hall–Kier alpha value is -3.78. The van der Waals surface area contributed by atoms with Gasteiger partial charge in [0, 0.05) is 23.2 Å². The fourth-order valence-corrected chi connectivity index (χ4v) is 5.82. The number of hydrogen-bond donors (Lipinski definition) is 0. The highest BCUT2D eigenvalue weighted by Crippen LogP contribution is 2.33. The van der Waals surface area contributed by atoms with Crippen molar-refractivity contribution in [2.75, 3.05) is 25.2 Å². The van der Waals surface area contributed by atoms with Gasteiger partial charge < -0.3 is 14.4 Å². The number of rotatable bonds is 9. The minimum atomic E-state index is -0.472. The van der Waals surface area contributed by atoms with Gasteiger partial charge in [-0.2, -0.15) is 0 Å². The van der Waals surface area contributed by atoms with Crippen molar-refractivity contribution in [3.05, 3.63) is 84.1 Å². The van der Waals surface area contributed by atoms with Crippen molar-refractivity contribution < 1.29 is 14.3 Å². The van der Waals surface area contributed by atoms with E-state index in [0.29, 0.717) is 17.6 Å². The topological polar surface area (TPSA) is 69.5 Å². The zero-order valence-corrected chi connectivity index (χ0v) is 23.5. The van der Waals surface area contributed by atoms with Gasteiger partial charge in [0.05, 0.1) is 20.3 Å². The summed E-state index contributed by atoms with van der Waals surface area (Å²) < 4.78 is 12.3. The lowest BCUT2D eigenvalue weighted by molar-refractivity contribution is 0.0515. The van der Waals surface area contributed by atoms with Crippen molar-refractivity contribution in [2.45, 2.75) is 55.6 Å². The molecule has 0 aliphatic carbocycles. The number of carbonyl (C=O) groups excluding carboxylic acids is 1. The van der Waals surface area contributed by atoms with Crippen LogP contribution in [0.1, 0.15) is 49.2 Å². The van der Waals surface area contributed by atoms with E-state index in [1.807, 2.05) is 24.3 Å². The highest BCUT2D eigenvalue weighted by molar-refractivity contribution is 7.99. The van der Waals surface area contributed by atoms with E-state index in [0.717, 1.165) is 28.3 Å². The first kappa shape index (κ1) is 26.8. The maximum atomic E-state index is 12.6. The average molecular weight is 543 g/mol. The zero-order valence-electron chi connectivity index (χ0n) is 22.7. The standard InChI is InChI=1S/C31H34N4O3S/c1-4-38-31(36)29-30(35(33-32-29)21-23-8-16-27(37-3)17-9-23)39-28-18-12-25(13-19-28)24-10-14-26(15-11-24)34-20-6-5-7-22(34)2/h8-19,22H,4-7,20-21H2,1-3H3. The van der Waals surface area contributed by atoms with Crippen LogP contribution in [0.5, 0.6) is 5.75 Å². The van der Waals surface area contributed by atoms with Crippen molar-refractivity contribution in [3.8, 4) is 16.9 Å². The summed E-state index contributed by atoms with van der Waals surface area (Å²) in [5.74, 6) is 0.315. The first-order valence-corrected chi connectivity index (χ1v) is 14.3. The number of carbonyl (C=O) groups is 1. The highest BCUT2D eigenvalue weighted by Gasteiger charge is 2.22. The van der Waals surface area contributed by atoms with Crippen LogP contribution < -0.4 is 9.64 Å². The Balaban J connectivity index is 1.34. The number of anilines is 1. The Morgan fingerprint density at radius 1 is 0.974 bits per heavy atom. The Bertz CT molecular complexity index is 1390. The molecule has 0 saturated carbocycles. The van der Waals surface area contributed by atoms with Crippen molar-refractivity contribution in [2.24, 2.45) is 0 Å². The first-order valence-electron chi connectivity index (χ1n) is 13.4. The van der Waals surface area contributed by atoms with Gasteiger partial charge in [-0.05, 0) is 86.2 Å². The monoisotopic (exact) mass is 542 g/mol. The molecule has 5 rings (SSSR count). The van der Waals surface area contributed by atoms with Gasteiger partial charge in [0.15, 0.2) is 0 Å². The summed E-state index contributed by atoms with van der Waals surface area (Å²) in [5, 5.41) is 9.10. The number of aromatic nitrogens is 3. The Labute approximate surface area is 234 Å². The lowest BCUT2D eigenvalue weighted by Crippen LogP contribution is -2.37. The van der Waals surface area contributed by atoms with Gasteiger partial charge in [-0.3, -0.25) is 0 Å². The fraction of sp³-hybridized carbons (Fsp3) is 0.323. The molecule has 8 heteroatoms. The Morgan fingerprint density at radius 3 is 2.31 bits per heavy atom. The van der Waals surface area contributed by atoms with Gasteiger partial charge in [-0.1, -0.05) is 53.4 Å². The minimum Gasteiger partial charge on any atom is -0.497 e. The van der Waals surface area contributed by atoms with Crippen LogP contribution in [0.25, 0.3) is 11.1 Å². The molecule has 202 valence electrons. The third kappa shape index (κ3) is 6.28. The van der Waals surface area contributed by atoms with Gasteiger partial charge in [0.25, 0.3) is 0 Å². The maximum absolute atomic E-state index is 12.6. The molecule has 0 N–H and O–H groups in total. The zero-order chi connectivity index (χ0) is 27.2. The molecule has 39 heavy (non-hydrogen) atoms. The van der Waals surface area contributed by atoms with E-state index in [1.165, 1.54) is 42.3 Å². The molecule has 0 bridgehead atoms. The number of benzene rings is 3. The molecule has 0 spiro atoms. The van der Waals surface area contributed by atoms with Crippen LogP contribution in [-0.2, 0) is 11.3 Å². The van der Waals surface area contributed by atoms with Crippen LogP contribution in [0.3, 0.4) is 0 Å². The van der Waals surface area contributed by atoms with E-state index in [4.69, 9.17) is 9.47 Å². The molecular weight excluding hydrogens is 508 g/mol. The highest BCUT2D eigenvalue weighted by atomic mass is 32.2. The molecule has 1 saturated heterocycles. The van der Waals surface area contributed by atoms with Crippen LogP contribution in [-0.4, -0.2) is 47.3 Å². The van der Waals surface area contributed by atoms with Gasteiger partial charge in [-0.25, -0.2) is 9.48 Å². The molecule has 0 radical (unpaired) electrons. The predicted octanol–water partition coefficient (Wildman–Crippen LogP) is 6.71. The third-order valence-electron chi connectivity index (χ3n) is 7.05. The number of piperidine rings is 1. The van der Waals surface area contributed by atoms with Crippen LogP contribution in [0, 0.1) is 0 Å². The van der Waals surface area contributed by atoms with Gasteiger partial charge in [-0.15, -0.1) is 5.10 Å². The summed E-state index contributed by atoms with van der Waals surface area (Å²) in [6, 6.07) is 25.6. The number of hydrogen-bond acceptors (Lipinski definition) is 7. The number of ether oxygens (including phenoxy) is 2. The summed E-state index contributed by atoms with van der Waals surface area (Å²) in [7, 11) is 1.64. The van der Waals surface area contributed by atoms with Crippen LogP contribution >= 0.6 is 11.8 Å². The van der Waals surface area contributed by atoms with Crippen LogP contribution in [0.4, 0.5) is 5.69 Å². The molecule has 1 unspecified atom stereocenters. The van der Waals surface area contributed by atoms with Crippen molar-refractivity contribution in [3.63, 3.8) is 0 Å². The molecule has 1 aliphatic rings. The maximum Gasteiger partial charge on any atom is 0.361 e. The largest absolute Gasteiger partial charge is 0.497 e. The fourth-order valence-electron chi connectivity index (χ4n) is 4.89. The molecule has 1 aromatic heterocycles. The Morgan fingerprint density at radius 2 is 1.67 bits per heavy atom. The second-order valence-electron chi connectivity index (χ2n) is 9.68. The van der Waals surface area contributed by atoms with Crippen molar-refractivity contribution in [1.29, 1.82) is 0 Å². The summed E-state index contributed by atoms with van der Waals surface area (Å²) in [5.41, 5.74) is 4.87. The molecule has 1 fully saturated rings. The van der Waals surface area contributed by atoms with Gasteiger partial charge in [0.2, 0.25) is 5.69 Å². The second kappa shape index (κ2) is 12.4. The van der Waals surface area contributed by atoms with E-state index >= 15 is 0 Å².